The molecule has 0 aliphatic rings. The van der Waals surface area contributed by atoms with Crippen LogP contribution in [0.2, 0.25) is 0 Å². The Morgan fingerprint density at radius 2 is 1.72 bits per heavy atom. The fourth-order valence-electron chi connectivity index (χ4n) is 1.53. The molecule has 0 atom stereocenters. The molecule has 0 fully saturated rings. The first-order valence-electron chi connectivity index (χ1n) is 5.40. The van der Waals surface area contributed by atoms with Crippen molar-refractivity contribution < 1.29 is 13.9 Å². The lowest BCUT2D eigenvalue weighted by Gasteiger charge is -2.10. The van der Waals surface area contributed by atoms with Gasteiger partial charge in [-0.1, -0.05) is 6.07 Å². The quantitative estimate of drug-likeness (QED) is 0.765. The van der Waals surface area contributed by atoms with Gasteiger partial charge in [0.1, 0.15) is 23.1 Å². The van der Waals surface area contributed by atoms with E-state index in [1.54, 1.807) is 43.5 Å². The van der Waals surface area contributed by atoms with E-state index in [4.69, 9.17) is 21.1 Å². The van der Waals surface area contributed by atoms with Crippen molar-refractivity contribution in [2.45, 2.75) is 5.88 Å². The molecule has 0 saturated heterocycles. The zero-order chi connectivity index (χ0) is 13.0. The van der Waals surface area contributed by atoms with Gasteiger partial charge in [-0.05, 0) is 36.4 Å². The summed E-state index contributed by atoms with van der Waals surface area (Å²) in [6.07, 6.45) is 0. The van der Waals surface area contributed by atoms with Crippen molar-refractivity contribution in [3.05, 3.63) is 53.8 Å². The first-order chi connectivity index (χ1) is 8.74. The van der Waals surface area contributed by atoms with Crippen LogP contribution < -0.4 is 9.47 Å². The van der Waals surface area contributed by atoms with E-state index in [-0.39, 0.29) is 11.7 Å². The van der Waals surface area contributed by atoms with Crippen LogP contribution in [0.25, 0.3) is 0 Å². The summed E-state index contributed by atoms with van der Waals surface area (Å²) in [5.41, 5.74) is 0.356. The van der Waals surface area contributed by atoms with E-state index in [0.29, 0.717) is 17.1 Å². The molecule has 0 heterocycles. The normalized spacial score (nSPS) is 10.2. The lowest BCUT2D eigenvalue weighted by Crippen LogP contribution is -1.93. The summed E-state index contributed by atoms with van der Waals surface area (Å²) in [6.45, 7) is 0. The molecule has 0 aromatic heterocycles. The van der Waals surface area contributed by atoms with Crippen molar-refractivity contribution in [1.82, 2.24) is 0 Å². The Morgan fingerprint density at radius 3 is 2.33 bits per heavy atom. The number of methoxy groups -OCH3 is 1. The van der Waals surface area contributed by atoms with Gasteiger partial charge in [0.25, 0.3) is 0 Å². The van der Waals surface area contributed by atoms with Gasteiger partial charge in [-0.25, -0.2) is 4.39 Å². The lowest BCUT2D eigenvalue weighted by atomic mass is 10.2. The zero-order valence-electron chi connectivity index (χ0n) is 9.82. The highest BCUT2D eigenvalue weighted by Crippen LogP contribution is 2.29. The average molecular weight is 267 g/mol. The van der Waals surface area contributed by atoms with Crippen LogP contribution in [-0.4, -0.2) is 7.11 Å². The molecule has 0 radical (unpaired) electrons. The summed E-state index contributed by atoms with van der Waals surface area (Å²) in [4.78, 5) is 0. The molecule has 0 unspecified atom stereocenters. The molecule has 2 aromatic carbocycles. The molecule has 0 spiro atoms. The van der Waals surface area contributed by atoms with Gasteiger partial charge in [0.05, 0.1) is 13.0 Å². The van der Waals surface area contributed by atoms with E-state index < -0.39 is 0 Å². The van der Waals surface area contributed by atoms with Crippen molar-refractivity contribution in [2.24, 2.45) is 0 Å². The number of hydrogen-bond donors (Lipinski definition) is 0. The van der Waals surface area contributed by atoms with Gasteiger partial charge in [-0.15, -0.1) is 11.6 Å². The van der Waals surface area contributed by atoms with E-state index >= 15 is 0 Å². The fourth-order valence-corrected chi connectivity index (χ4v) is 1.79. The minimum atomic E-state index is -0.365. The third kappa shape index (κ3) is 2.74. The van der Waals surface area contributed by atoms with Crippen molar-refractivity contribution in [3.8, 4) is 17.2 Å². The summed E-state index contributed by atoms with van der Waals surface area (Å²) >= 11 is 5.71. The SMILES string of the molecule is COc1ccc(Oc2cccc(F)c2CCl)cc1. The lowest BCUT2D eigenvalue weighted by molar-refractivity contribution is 0.412. The minimum Gasteiger partial charge on any atom is -0.497 e. The van der Waals surface area contributed by atoms with Gasteiger partial charge in [-0.2, -0.15) is 0 Å². The topological polar surface area (TPSA) is 18.5 Å². The predicted octanol–water partition coefficient (Wildman–Crippen LogP) is 4.37. The van der Waals surface area contributed by atoms with Crippen molar-refractivity contribution in [1.29, 1.82) is 0 Å². The second-order valence-corrected chi connectivity index (χ2v) is 3.90. The van der Waals surface area contributed by atoms with E-state index in [2.05, 4.69) is 0 Å². The van der Waals surface area contributed by atoms with Gasteiger partial charge in [0.2, 0.25) is 0 Å². The van der Waals surface area contributed by atoms with Gasteiger partial charge in [0.15, 0.2) is 0 Å². The van der Waals surface area contributed by atoms with E-state index in [1.165, 1.54) is 6.07 Å². The number of alkyl halides is 1. The second-order valence-electron chi connectivity index (χ2n) is 3.63. The average Bonchev–Trinajstić information content (AvgIpc) is 2.40. The molecule has 4 heteroatoms. The highest BCUT2D eigenvalue weighted by molar-refractivity contribution is 6.17. The summed E-state index contributed by atoms with van der Waals surface area (Å²) < 4.78 is 24.1. The summed E-state index contributed by atoms with van der Waals surface area (Å²) in [6, 6.07) is 11.7. The van der Waals surface area contributed by atoms with Crippen LogP contribution in [0.5, 0.6) is 17.2 Å². The van der Waals surface area contributed by atoms with Crippen LogP contribution >= 0.6 is 11.6 Å². The molecule has 0 saturated carbocycles. The summed E-state index contributed by atoms with van der Waals surface area (Å²) in [5, 5.41) is 0. The molecule has 2 nitrogen and oxygen atoms in total. The van der Waals surface area contributed by atoms with Gasteiger partial charge >= 0.3 is 0 Å². The molecule has 2 aromatic rings. The van der Waals surface area contributed by atoms with Crippen molar-refractivity contribution in [3.63, 3.8) is 0 Å². The van der Waals surface area contributed by atoms with Crippen LogP contribution in [0, 0.1) is 5.82 Å². The fraction of sp³-hybridized carbons (Fsp3) is 0.143. The Bertz CT molecular complexity index is 526. The third-order valence-electron chi connectivity index (χ3n) is 2.50. The van der Waals surface area contributed by atoms with Gasteiger partial charge in [0, 0.05) is 5.56 Å². The van der Waals surface area contributed by atoms with Crippen molar-refractivity contribution in [2.75, 3.05) is 7.11 Å². The molecule has 94 valence electrons. The van der Waals surface area contributed by atoms with Crippen molar-refractivity contribution >= 4 is 11.6 Å². The minimum absolute atomic E-state index is 0.0676. The Morgan fingerprint density at radius 1 is 1.06 bits per heavy atom. The van der Waals surface area contributed by atoms with E-state index in [0.717, 1.165) is 5.75 Å². The third-order valence-corrected chi connectivity index (χ3v) is 2.76. The maximum absolute atomic E-state index is 13.5. The van der Waals surface area contributed by atoms with E-state index in [1.807, 2.05) is 0 Å². The number of ether oxygens (including phenoxy) is 2. The van der Waals surface area contributed by atoms with Crippen LogP contribution in [0.1, 0.15) is 5.56 Å². The maximum Gasteiger partial charge on any atom is 0.134 e. The Labute approximate surface area is 110 Å². The monoisotopic (exact) mass is 266 g/mol. The Hall–Kier alpha value is -1.74. The summed E-state index contributed by atoms with van der Waals surface area (Å²) in [5.74, 6) is 1.47. The first kappa shape index (κ1) is 12.7. The number of halogens is 2. The highest BCUT2D eigenvalue weighted by Gasteiger charge is 2.09. The molecule has 0 N–H and O–H groups in total. The largest absolute Gasteiger partial charge is 0.497 e. The maximum atomic E-state index is 13.5. The van der Waals surface area contributed by atoms with Gasteiger partial charge in [-0.3, -0.25) is 0 Å². The molecular weight excluding hydrogens is 255 g/mol. The Kier molecular flexibility index (Phi) is 4.05. The highest BCUT2D eigenvalue weighted by atomic mass is 35.5. The molecule has 18 heavy (non-hydrogen) atoms. The number of hydrogen-bond acceptors (Lipinski definition) is 2. The Balaban J connectivity index is 2.25. The molecule has 0 aliphatic heterocycles. The molecule has 0 amide bonds. The van der Waals surface area contributed by atoms with Gasteiger partial charge < -0.3 is 9.47 Å². The smallest absolute Gasteiger partial charge is 0.134 e. The van der Waals surface area contributed by atoms with Crippen LogP contribution in [0.3, 0.4) is 0 Å². The molecule has 0 aliphatic carbocycles. The molecular formula is C14H12ClFO2. The first-order valence-corrected chi connectivity index (χ1v) is 5.93. The molecule has 2 rings (SSSR count). The van der Waals surface area contributed by atoms with E-state index in [9.17, 15) is 4.39 Å². The standard InChI is InChI=1S/C14H12ClFO2/c1-17-10-5-7-11(8-6-10)18-14-4-2-3-13(16)12(14)9-15/h2-8H,9H2,1H3. The zero-order valence-corrected chi connectivity index (χ0v) is 10.6. The molecule has 0 bridgehead atoms. The number of benzene rings is 2. The predicted molar refractivity (Wildman–Crippen MR) is 69.0 cm³/mol. The second kappa shape index (κ2) is 5.74. The number of rotatable bonds is 4. The van der Waals surface area contributed by atoms with Crippen LogP contribution in [0.4, 0.5) is 4.39 Å². The van der Waals surface area contributed by atoms with Crippen LogP contribution in [0.15, 0.2) is 42.5 Å². The summed E-state index contributed by atoms with van der Waals surface area (Å²) in [7, 11) is 1.59. The van der Waals surface area contributed by atoms with Crippen LogP contribution in [-0.2, 0) is 5.88 Å².